The zero-order valence-electron chi connectivity index (χ0n) is 26.3. The van der Waals surface area contributed by atoms with Crippen molar-refractivity contribution in [2.45, 2.75) is 18.5 Å². The molecule has 0 saturated heterocycles. The Morgan fingerprint density at radius 1 is 0.442 bits per heavy atom. The quantitative estimate of drug-likeness (QED) is 0.168. The summed E-state index contributed by atoms with van der Waals surface area (Å²) in [5.74, 6) is 0. The Bertz CT molecular complexity index is 2770. The lowest BCUT2D eigenvalue weighted by Crippen LogP contribution is -2.13. The van der Waals surface area contributed by atoms with Gasteiger partial charge in [-0.05, 0) is 66.2 Å². The number of aromatic nitrogens is 2. The van der Waals surface area contributed by atoms with Crippen LogP contribution >= 0.6 is 0 Å². The van der Waals surface area contributed by atoms with Gasteiger partial charge < -0.3 is 9.13 Å². The van der Waals surface area contributed by atoms with Gasteiger partial charge in [-0.25, -0.2) is 0 Å². The van der Waals surface area contributed by atoms with Crippen molar-refractivity contribution in [2.75, 3.05) is 0 Å². The fourth-order valence-electron chi connectivity index (χ4n) is 6.97. The molecule has 2 heterocycles. The second-order valence-electron chi connectivity index (χ2n) is 12.2. The van der Waals surface area contributed by atoms with Crippen LogP contribution in [0.5, 0.6) is 0 Å². The Morgan fingerprint density at radius 2 is 0.942 bits per heavy atom. The van der Waals surface area contributed by atoms with E-state index in [1.165, 1.54) is 47.0 Å². The summed E-state index contributed by atoms with van der Waals surface area (Å²) in [5.41, 5.74) is -3.20. The number of hydrogen-bond acceptors (Lipinski definition) is 1. The average Bonchev–Trinajstić information content (AvgIpc) is 3.62. The van der Waals surface area contributed by atoms with E-state index in [2.05, 4.69) is 0 Å². The van der Waals surface area contributed by atoms with E-state index in [4.69, 9.17) is 0 Å². The normalized spacial score (nSPS) is 12.7. The molecule has 6 aromatic carbocycles. The number of rotatable bonds is 3. The summed E-state index contributed by atoms with van der Waals surface area (Å²) in [6.45, 7) is 0. The first-order valence-electron chi connectivity index (χ1n) is 15.6. The third kappa shape index (κ3) is 5.23. The summed E-state index contributed by atoms with van der Waals surface area (Å²) in [4.78, 5) is 0. The number of alkyl halides is 9. The SMILES string of the molecule is N#Cc1cccc(-c2cc(-n3c4ccccc4c4ccc(C(F)(F)F)cc43)c(C(F)(F)F)cc2-n2c3ccccc3c3ccc(C(F)(F)F)cc32)c1. The number of para-hydroxylation sites is 2. The van der Waals surface area contributed by atoms with Gasteiger partial charge in [0, 0.05) is 27.1 Å². The van der Waals surface area contributed by atoms with Crippen LogP contribution in [0.3, 0.4) is 0 Å². The summed E-state index contributed by atoms with van der Waals surface area (Å²) in [5, 5.41) is 11.2. The number of hydrogen-bond donors (Lipinski definition) is 0. The third-order valence-corrected chi connectivity index (χ3v) is 9.21. The van der Waals surface area contributed by atoms with Crippen LogP contribution in [0.2, 0.25) is 0 Å². The van der Waals surface area contributed by atoms with Crippen molar-refractivity contribution in [3.63, 3.8) is 0 Å². The number of nitrogens with zero attached hydrogens (tertiary/aromatic N) is 3. The van der Waals surface area contributed by atoms with E-state index in [0.717, 1.165) is 34.9 Å². The molecule has 0 unspecified atom stereocenters. The lowest BCUT2D eigenvalue weighted by molar-refractivity contribution is -0.138. The summed E-state index contributed by atoms with van der Waals surface area (Å²) in [6, 6.07) is 28.6. The van der Waals surface area contributed by atoms with E-state index in [9.17, 15) is 31.6 Å². The lowest BCUT2D eigenvalue weighted by atomic mass is 9.97. The first-order chi connectivity index (χ1) is 24.6. The second kappa shape index (κ2) is 11.4. The van der Waals surface area contributed by atoms with Crippen LogP contribution in [0.1, 0.15) is 22.3 Å². The molecule has 0 aliphatic rings. The van der Waals surface area contributed by atoms with Crippen LogP contribution in [-0.4, -0.2) is 9.13 Å². The maximum Gasteiger partial charge on any atom is 0.418 e. The van der Waals surface area contributed by atoms with Gasteiger partial charge in [0.15, 0.2) is 0 Å². The fourth-order valence-corrected chi connectivity index (χ4v) is 6.97. The first kappa shape index (κ1) is 33.0. The highest BCUT2D eigenvalue weighted by atomic mass is 19.4. The monoisotopic (exact) mass is 713 g/mol. The predicted octanol–water partition coefficient (Wildman–Crippen LogP) is 12.5. The van der Waals surface area contributed by atoms with Crippen molar-refractivity contribution in [1.29, 1.82) is 5.26 Å². The van der Waals surface area contributed by atoms with E-state index in [-0.39, 0.29) is 44.3 Å². The molecule has 0 fully saturated rings. The van der Waals surface area contributed by atoms with Crippen molar-refractivity contribution >= 4 is 43.6 Å². The Kier molecular flexibility index (Phi) is 7.22. The predicted molar refractivity (Wildman–Crippen MR) is 180 cm³/mol. The molecule has 52 heavy (non-hydrogen) atoms. The molecule has 0 spiro atoms. The Morgan fingerprint density at radius 3 is 1.44 bits per heavy atom. The molecule has 2 aromatic heterocycles. The standard InChI is InChI=1S/C40H20F9N3/c41-38(42,43)24-12-14-28-26-8-1-3-10-32(26)51(34(28)17-24)36-20-31(40(47,48)49)37(19-30(36)23-7-5-6-22(16-23)21-50)52-33-11-4-2-9-27(33)29-15-13-25(18-35(29)52)39(44,45)46/h1-20H. The highest BCUT2D eigenvalue weighted by Gasteiger charge is 2.38. The smallest absolute Gasteiger partial charge is 0.309 e. The zero-order valence-corrected chi connectivity index (χ0v) is 26.3. The van der Waals surface area contributed by atoms with Gasteiger partial charge in [-0.2, -0.15) is 44.8 Å². The third-order valence-electron chi connectivity index (χ3n) is 9.21. The van der Waals surface area contributed by atoms with Gasteiger partial charge in [0.2, 0.25) is 0 Å². The van der Waals surface area contributed by atoms with Gasteiger partial charge >= 0.3 is 18.5 Å². The number of fused-ring (bicyclic) bond motifs is 6. The summed E-state index contributed by atoms with van der Waals surface area (Å²) < 4.78 is 133. The summed E-state index contributed by atoms with van der Waals surface area (Å²) in [6.07, 6.45) is -14.7. The van der Waals surface area contributed by atoms with E-state index < -0.39 is 40.9 Å². The average molecular weight is 714 g/mol. The minimum Gasteiger partial charge on any atom is -0.309 e. The van der Waals surface area contributed by atoms with Gasteiger partial charge in [0.1, 0.15) is 0 Å². The highest BCUT2D eigenvalue weighted by molar-refractivity contribution is 6.11. The number of halogens is 9. The molecule has 12 heteroatoms. The molecule has 0 N–H and O–H groups in total. The molecule has 0 aliphatic carbocycles. The van der Waals surface area contributed by atoms with E-state index in [1.807, 2.05) is 6.07 Å². The molecule has 0 amide bonds. The maximum absolute atomic E-state index is 15.4. The van der Waals surface area contributed by atoms with Crippen LogP contribution in [0, 0.1) is 11.3 Å². The van der Waals surface area contributed by atoms with Gasteiger partial charge in [0.05, 0.1) is 61.8 Å². The molecule has 0 aliphatic heterocycles. The van der Waals surface area contributed by atoms with Gasteiger partial charge in [0.25, 0.3) is 0 Å². The molecule has 8 rings (SSSR count). The van der Waals surface area contributed by atoms with E-state index >= 15 is 13.2 Å². The minimum atomic E-state index is -5.10. The van der Waals surface area contributed by atoms with Crippen LogP contribution in [0.15, 0.2) is 121 Å². The molecule has 8 aromatic rings. The molecule has 3 nitrogen and oxygen atoms in total. The zero-order chi connectivity index (χ0) is 36.7. The van der Waals surface area contributed by atoms with Gasteiger partial charge in [-0.1, -0.05) is 60.7 Å². The fraction of sp³-hybridized carbons (Fsp3) is 0.0750. The summed E-state index contributed by atoms with van der Waals surface area (Å²) >= 11 is 0. The molecule has 0 radical (unpaired) electrons. The lowest BCUT2D eigenvalue weighted by Gasteiger charge is -2.22. The van der Waals surface area contributed by atoms with Crippen molar-refractivity contribution in [2.24, 2.45) is 0 Å². The van der Waals surface area contributed by atoms with Crippen molar-refractivity contribution in [3.8, 4) is 28.6 Å². The Balaban J connectivity index is 1.57. The second-order valence-corrected chi connectivity index (χ2v) is 12.2. The van der Waals surface area contributed by atoms with Crippen LogP contribution in [0.25, 0.3) is 66.1 Å². The molecule has 258 valence electrons. The molecule has 0 atom stereocenters. The van der Waals surface area contributed by atoms with Crippen LogP contribution in [-0.2, 0) is 18.5 Å². The number of benzene rings is 6. The topological polar surface area (TPSA) is 33.6 Å². The largest absolute Gasteiger partial charge is 0.418 e. The summed E-state index contributed by atoms with van der Waals surface area (Å²) in [7, 11) is 0. The highest BCUT2D eigenvalue weighted by Crippen LogP contribution is 2.46. The van der Waals surface area contributed by atoms with Gasteiger partial charge in [-0.15, -0.1) is 0 Å². The van der Waals surface area contributed by atoms with Crippen LogP contribution < -0.4 is 0 Å². The first-order valence-corrected chi connectivity index (χ1v) is 15.6. The molecular weight excluding hydrogens is 693 g/mol. The van der Waals surface area contributed by atoms with E-state index in [0.29, 0.717) is 21.7 Å². The van der Waals surface area contributed by atoms with Crippen molar-refractivity contribution in [1.82, 2.24) is 9.13 Å². The molecule has 0 bridgehead atoms. The Labute approximate surface area is 288 Å². The van der Waals surface area contributed by atoms with Crippen molar-refractivity contribution in [3.05, 3.63) is 144 Å². The molecule has 0 saturated carbocycles. The minimum absolute atomic E-state index is 0.0266. The maximum atomic E-state index is 15.4. The molecular formula is C40H20F9N3. The van der Waals surface area contributed by atoms with E-state index in [1.54, 1.807) is 48.5 Å². The van der Waals surface area contributed by atoms with Crippen molar-refractivity contribution < 1.29 is 39.5 Å². The van der Waals surface area contributed by atoms with Crippen LogP contribution in [0.4, 0.5) is 39.5 Å². The van der Waals surface area contributed by atoms with Gasteiger partial charge in [-0.3, -0.25) is 0 Å². The number of nitriles is 1. The Hall–Kier alpha value is -6.22.